The van der Waals surface area contributed by atoms with E-state index < -0.39 is 0 Å². The summed E-state index contributed by atoms with van der Waals surface area (Å²) in [5, 5.41) is 3.50. The van der Waals surface area contributed by atoms with E-state index in [9.17, 15) is 0 Å². The van der Waals surface area contributed by atoms with E-state index in [1.54, 1.807) is 0 Å². The van der Waals surface area contributed by atoms with E-state index >= 15 is 0 Å². The minimum absolute atomic E-state index is 0. The first-order chi connectivity index (χ1) is 14.7. The molecule has 6 nitrogen and oxygen atoms in total. The first-order valence-electron chi connectivity index (χ1n) is 11.8. The van der Waals surface area contributed by atoms with Gasteiger partial charge >= 0.3 is 0 Å². The van der Waals surface area contributed by atoms with Crippen molar-refractivity contribution in [1.82, 2.24) is 15.2 Å². The van der Waals surface area contributed by atoms with Crippen molar-refractivity contribution in [1.29, 1.82) is 0 Å². The van der Waals surface area contributed by atoms with Gasteiger partial charge in [0.05, 0.1) is 18.8 Å². The van der Waals surface area contributed by atoms with Crippen LogP contribution in [0.15, 0.2) is 29.5 Å². The molecule has 0 saturated carbocycles. The lowest BCUT2D eigenvalue weighted by atomic mass is 9.89. The lowest BCUT2D eigenvalue weighted by molar-refractivity contribution is -0.0721. The molecule has 3 rings (SSSR count). The van der Waals surface area contributed by atoms with E-state index in [0.29, 0.717) is 24.0 Å². The van der Waals surface area contributed by atoms with Gasteiger partial charge < -0.3 is 19.7 Å². The Kier molecular flexibility index (Phi) is 12.1. The highest BCUT2D eigenvalue weighted by Crippen LogP contribution is 2.24. The second kappa shape index (κ2) is 14.3. The minimum Gasteiger partial charge on any atom is -0.376 e. The average molecular weight is 545 g/mol. The smallest absolute Gasteiger partial charge is 0.193 e. The third kappa shape index (κ3) is 8.50. The van der Waals surface area contributed by atoms with Crippen molar-refractivity contribution in [2.75, 3.05) is 39.4 Å². The van der Waals surface area contributed by atoms with Gasteiger partial charge in [0.25, 0.3) is 0 Å². The van der Waals surface area contributed by atoms with Gasteiger partial charge in [-0.1, -0.05) is 19.9 Å². The number of nitrogens with one attached hydrogen (secondary N) is 1. The lowest BCUT2D eigenvalue weighted by Crippen LogP contribution is -2.47. The molecule has 1 N–H and O–H groups in total. The molecule has 0 spiro atoms. The van der Waals surface area contributed by atoms with Gasteiger partial charge in [-0.25, -0.2) is 0 Å². The summed E-state index contributed by atoms with van der Waals surface area (Å²) in [6.07, 6.45) is 10.2. The van der Waals surface area contributed by atoms with Crippen LogP contribution in [-0.4, -0.2) is 67.4 Å². The number of likely N-dealkylation sites (tertiary alicyclic amines) is 1. The van der Waals surface area contributed by atoms with Crippen molar-refractivity contribution in [3.63, 3.8) is 0 Å². The van der Waals surface area contributed by atoms with Crippen LogP contribution in [0, 0.1) is 5.92 Å². The fraction of sp³-hybridized carbons (Fsp3) is 0.750. The number of rotatable bonds is 8. The topological polar surface area (TPSA) is 59.0 Å². The van der Waals surface area contributed by atoms with Gasteiger partial charge in [0.15, 0.2) is 5.96 Å². The molecule has 176 valence electrons. The largest absolute Gasteiger partial charge is 0.376 e. The van der Waals surface area contributed by atoms with Crippen molar-refractivity contribution in [3.8, 4) is 0 Å². The molecule has 0 radical (unpaired) electrons. The normalized spacial score (nSPS) is 21.6. The number of nitrogens with zero attached hydrogens (tertiary/aromatic N) is 3. The number of guanidine groups is 1. The maximum absolute atomic E-state index is 6.18. The third-order valence-electron chi connectivity index (χ3n) is 6.22. The predicted octanol–water partition coefficient (Wildman–Crippen LogP) is 4.45. The van der Waals surface area contributed by atoms with Gasteiger partial charge in [-0.05, 0) is 56.6 Å². The molecule has 0 aromatic carbocycles. The zero-order valence-corrected chi connectivity index (χ0v) is 21.8. The lowest BCUT2D eigenvalue weighted by Gasteiger charge is -2.35. The van der Waals surface area contributed by atoms with Crippen LogP contribution in [-0.2, 0) is 9.47 Å². The zero-order valence-electron chi connectivity index (χ0n) is 19.5. The first-order valence-corrected chi connectivity index (χ1v) is 11.8. The second-order valence-corrected chi connectivity index (χ2v) is 8.84. The van der Waals surface area contributed by atoms with E-state index in [4.69, 9.17) is 14.5 Å². The van der Waals surface area contributed by atoms with Gasteiger partial charge in [-0.2, -0.15) is 0 Å². The fourth-order valence-corrected chi connectivity index (χ4v) is 4.32. The van der Waals surface area contributed by atoms with Crippen LogP contribution in [0.1, 0.15) is 64.4 Å². The Bertz CT molecular complexity index is 630. The maximum atomic E-state index is 6.18. The van der Waals surface area contributed by atoms with Crippen LogP contribution in [0.25, 0.3) is 0 Å². The molecule has 2 atom stereocenters. The Balaban J connectivity index is 0.00000341. The van der Waals surface area contributed by atoms with Crippen LogP contribution < -0.4 is 5.32 Å². The summed E-state index contributed by atoms with van der Waals surface area (Å²) in [4.78, 5) is 11.7. The summed E-state index contributed by atoms with van der Waals surface area (Å²) in [5.74, 6) is 1.92. The number of hydrogen-bond acceptors (Lipinski definition) is 4. The predicted molar refractivity (Wildman–Crippen MR) is 137 cm³/mol. The number of aliphatic imine (C=N–C) groups is 1. The SMILES string of the molecule is CCNC(=NCC(c1cccnc1)C(C)C)N1CCC(OCC2CCCCO2)CC1.I. The monoisotopic (exact) mass is 544 g/mol. The van der Waals surface area contributed by atoms with Gasteiger partial charge in [0.1, 0.15) is 0 Å². The number of pyridine rings is 1. The molecule has 2 fully saturated rings. The quantitative estimate of drug-likeness (QED) is 0.298. The Morgan fingerprint density at radius 3 is 2.71 bits per heavy atom. The second-order valence-electron chi connectivity index (χ2n) is 8.84. The highest BCUT2D eigenvalue weighted by molar-refractivity contribution is 14.0. The van der Waals surface area contributed by atoms with Crippen LogP contribution in [0.3, 0.4) is 0 Å². The number of piperidine rings is 1. The molecular weight excluding hydrogens is 503 g/mol. The van der Waals surface area contributed by atoms with Crippen molar-refractivity contribution in [2.45, 2.75) is 71.0 Å². The molecule has 0 bridgehead atoms. The van der Waals surface area contributed by atoms with Crippen molar-refractivity contribution in [3.05, 3.63) is 30.1 Å². The first kappa shape index (κ1) is 26.3. The van der Waals surface area contributed by atoms with E-state index in [1.807, 2.05) is 18.5 Å². The van der Waals surface area contributed by atoms with E-state index in [2.05, 4.69) is 42.0 Å². The van der Waals surface area contributed by atoms with Crippen LogP contribution in [0.5, 0.6) is 0 Å². The van der Waals surface area contributed by atoms with Gasteiger partial charge in [0.2, 0.25) is 0 Å². The molecule has 2 unspecified atom stereocenters. The van der Waals surface area contributed by atoms with Crippen molar-refractivity contribution < 1.29 is 9.47 Å². The molecule has 1 aromatic heterocycles. The van der Waals surface area contributed by atoms with Crippen LogP contribution in [0.2, 0.25) is 0 Å². The maximum Gasteiger partial charge on any atom is 0.193 e. The molecule has 7 heteroatoms. The minimum atomic E-state index is 0. The number of halogens is 1. The zero-order chi connectivity index (χ0) is 21.2. The molecule has 2 saturated heterocycles. The number of aromatic nitrogens is 1. The molecule has 0 aliphatic carbocycles. The summed E-state index contributed by atoms with van der Waals surface area (Å²) in [7, 11) is 0. The third-order valence-corrected chi connectivity index (χ3v) is 6.22. The van der Waals surface area contributed by atoms with Crippen LogP contribution in [0.4, 0.5) is 0 Å². The Morgan fingerprint density at radius 2 is 2.10 bits per heavy atom. The Labute approximate surface area is 205 Å². The van der Waals surface area contributed by atoms with Gasteiger partial charge in [-0.3, -0.25) is 9.98 Å². The highest BCUT2D eigenvalue weighted by atomic mass is 127. The van der Waals surface area contributed by atoms with Crippen molar-refractivity contribution >= 4 is 29.9 Å². The van der Waals surface area contributed by atoms with E-state index in [0.717, 1.165) is 64.6 Å². The fourth-order valence-electron chi connectivity index (χ4n) is 4.32. The molecular formula is C24H41IN4O2. The Hall–Kier alpha value is -0.930. The molecule has 0 amide bonds. The molecule has 31 heavy (non-hydrogen) atoms. The number of hydrogen-bond donors (Lipinski definition) is 1. The highest BCUT2D eigenvalue weighted by Gasteiger charge is 2.24. The Morgan fingerprint density at radius 1 is 1.29 bits per heavy atom. The van der Waals surface area contributed by atoms with Crippen molar-refractivity contribution in [2.24, 2.45) is 10.9 Å². The van der Waals surface area contributed by atoms with Crippen LogP contribution >= 0.6 is 24.0 Å². The molecule has 2 aliphatic rings. The average Bonchev–Trinajstić information content (AvgIpc) is 2.79. The van der Waals surface area contributed by atoms with Gasteiger partial charge in [0, 0.05) is 51.1 Å². The number of ether oxygens (including phenoxy) is 2. The molecule has 1 aromatic rings. The summed E-state index contributed by atoms with van der Waals surface area (Å²) in [5.41, 5.74) is 1.27. The summed E-state index contributed by atoms with van der Waals surface area (Å²) in [6, 6.07) is 4.18. The van der Waals surface area contributed by atoms with E-state index in [1.165, 1.54) is 18.4 Å². The van der Waals surface area contributed by atoms with Gasteiger partial charge in [-0.15, -0.1) is 24.0 Å². The standard InChI is InChI=1S/C24H40N4O2.HI/c1-4-26-24(27-17-23(19(2)3)20-8-7-12-25-16-20)28-13-10-21(11-14-28)30-18-22-9-5-6-15-29-22;/h7-8,12,16,19,21-23H,4-6,9-11,13-15,17-18H2,1-3H3,(H,26,27);1H. The summed E-state index contributed by atoms with van der Waals surface area (Å²) >= 11 is 0. The molecule has 2 aliphatic heterocycles. The van der Waals surface area contributed by atoms with E-state index in [-0.39, 0.29) is 24.0 Å². The summed E-state index contributed by atoms with van der Waals surface area (Å²) in [6.45, 7) is 11.9. The summed E-state index contributed by atoms with van der Waals surface area (Å²) < 4.78 is 12.0. The molecule has 3 heterocycles.